The highest BCUT2D eigenvalue weighted by molar-refractivity contribution is 14.1. The molecule has 84 valence electrons. The number of halogens is 1. The third-order valence-corrected chi connectivity index (χ3v) is 3.11. The van der Waals surface area contributed by atoms with Gasteiger partial charge in [0.25, 0.3) is 0 Å². The van der Waals surface area contributed by atoms with E-state index in [1.165, 1.54) is 0 Å². The van der Waals surface area contributed by atoms with E-state index in [-0.39, 0.29) is 0 Å². The van der Waals surface area contributed by atoms with Crippen molar-refractivity contribution < 1.29 is 0 Å². The highest BCUT2D eigenvalue weighted by atomic mass is 127. The first kappa shape index (κ1) is 10.5. The molecule has 0 radical (unpaired) electrons. The van der Waals surface area contributed by atoms with Crippen LogP contribution in [-0.2, 0) is 0 Å². The Labute approximate surface area is 112 Å². The van der Waals surface area contributed by atoms with Gasteiger partial charge in [0, 0.05) is 11.6 Å². The number of hydrogen-bond donors (Lipinski definition) is 1. The van der Waals surface area contributed by atoms with Crippen molar-refractivity contribution in [3.05, 3.63) is 46.4 Å². The van der Waals surface area contributed by atoms with Gasteiger partial charge in [-0.1, -0.05) is 18.2 Å². The smallest absolute Gasteiger partial charge is 0.0985 e. The van der Waals surface area contributed by atoms with Crippen molar-refractivity contribution in [2.24, 2.45) is 0 Å². The SMILES string of the molecule is Nc1cnc2ccccc2c1-n1cc(I)cn1. The van der Waals surface area contributed by atoms with Crippen molar-refractivity contribution in [1.29, 1.82) is 0 Å². The molecule has 1 aromatic carbocycles. The molecule has 0 atom stereocenters. The summed E-state index contributed by atoms with van der Waals surface area (Å²) in [6.45, 7) is 0. The Morgan fingerprint density at radius 1 is 1.18 bits per heavy atom. The van der Waals surface area contributed by atoms with Gasteiger partial charge in [0.2, 0.25) is 0 Å². The summed E-state index contributed by atoms with van der Waals surface area (Å²) in [5, 5.41) is 5.30. The zero-order valence-corrected chi connectivity index (χ0v) is 11.0. The van der Waals surface area contributed by atoms with Crippen LogP contribution in [0.25, 0.3) is 16.6 Å². The van der Waals surface area contributed by atoms with Crippen LogP contribution in [-0.4, -0.2) is 14.8 Å². The average Bonchev–Trinajstić information content (AvgIpc) is 2.75. The van der Waals surface area contributed by atoms with Gasteiger partial charge < -0.3 is 5.73 Å². The first-order valence-corrected chi connectivity index (χ1v) is 6.17. The number of nitrogen functional groups attached to an aromatic ring is 1. The molecule has 0 saturated carbocycles. The fraction of sp³-hybridized carbons (Fsp3) is 0. The lowest BCUT2D eigenvalue weighted by molar-refractivity contribution is 0.888. The third kappa shape index (κ3) is 1.76. The van der Waals surface area contributed by atoms with Crippen LogP contribution in [0.5, 0.6) is 0 Å². The molecular formula is C12H9IN4. The van der Waals surface area contributed by atoms with E-state index in [1.54, 1.807) is 17.1 Å². The molecule has 0 fully saturated rings. The normalized spacial score (nSPS) is 10.9. The molecule has 0 aliphatic carbocycles. The second kappa shape index (κ2) is 3.99. The van der Waals surface area contributed by atoms with Gasteiger partial charge in [-0.2, -0.15) is 5.10 Å². The summed E-state index contributed by atoms with van der Waals surface area (Å²) in [6, 6.07) is 7.90. The zero-order chi connectivity index (χ0) is 11.8. The number of pyridine rings is 1. The number of anilines is 1. The van der Waals surface area contributed by atoms with E-state index >= 15 is 0 Å². The number of aromatic nitrogens is 3. The monoisotopic (exact) mass is 336 g/mol. The van der Waals surface area contributed by atoms with Gasteiger partial charge in [-0.15, -0.1) is 0 Å². The van der Waals surface area contributed by atoms with Gasteiger partial charge in [0.15, 0.2) is 0 Å². The van der Waals surface area contributed by atoms with E-state index < -0.39 is 0 Å². The van der Waals surface area contributed by atoms with Gasteiger partial charge in [0.1, 0.15) is 0 Å². The zero-order valence-electron chi connectivity index (χ0n) is 8.84. The van der Waals surface area contributed by atoms with E-state index in [0.717, 1.165) is 20.2 Å². The minimum Gasteiger partial charge on any atom is -0.396 e. The van der Waals surface area contributed by atoms with Crippen LogP contribution in [0.1, 0.15) is 0 Å². The summed E-state index contributed by atoms with van der Waals surface area (Å²) >= 11 is 2.22. The van der Waals surface area contributed by atoms with Gasteiger partial charge in [-0.05, 0) is 28.7 Å². The standard InChI is InChI=1S/C12H9IN4/c13-8-5-16-17(7-8)12-9-3-1-2-4-11(9)15-6-10(12)14/h1-7H,14H2. The molecule has 0 aliphatic heterocycles. The molecule has 2 aromatic heterocycles. The van der Waals surface area contributed by atoms with E-state index in [1.807, 2.05) is 30.5 Å². The van der Waals surface area contributed by atoms with Crippen molar-refractivity contribution in [1.82, 2.24) is 14.8 Å². The maximum Gasteiger partial charge on any atom is 0.0985 e. The van der Waals surface area contributed by atoms with E-state index in [4.69, 9.17) is 5.73 Å². The topological polar surface area (TPSA) is 56.7 Å². The Balaban J connectivity index is 2.38. The second-order valence-corrected chi connectivity index (χ2v) is 4.93. The molecule has 0 bridgehead atoms. The Morgan fingerprint density at radius 3 is 2.76 bits per heavy atom. The fourth-order valence-corrected chi connectivity index (χ4v) is 2.21. The van der Waals surface area contributed by atoms with Gasteiger partial charge in [-0.25, -0.2) is 4.68 Å². The van der Waals surface area contributed by atoms with Crippen LogP contribution in [0.3, 0.4) is 0 Å². The minimum atomic E-state index is 0.628. The number of rotatable bonds is 1. The van der Waals surface area contributed by atoms with Crippen LogP contribution in [0.2, 0.25) is 0 Å². The van der Waals surface area contributed by atoms with Crippen LogP contribution in [0, 0.1) is 3.57 Å². The molecule has 0 saturated heterocycles. The minimum absolute atomic E-state index is 0.628. The molecule has 5 heteroatoms. The fourth-order valence-electron chi connectivity index (χ4n) is 1.82. The van der Waals surface area contributed by atoms with Crippen molar-refractivity contribution in [3.63, 3.8) is 0 Å². The molecule has 0 unspecified atom stereocenters. The van der Waals surface area contributed by atoms with Crippen LogP contribution >= 0.6 is 22.6 Å². The van der Waals surface area contributed by atoms with Crippen molar-refractivity contribution >= 4 is 39.2 Å². The molecule has 0 amide bonds. The number of benzene rings is 1. The van der Waals surface area contributed by atoms with Crippen LogP contribution < -0.4 is 5.73 Å². The molecular weight excluding hydrogens is 327 g/mol. The molecule has 0 aliphatic rings. The Morgan fingerprint density at radius 2 is 2.00 bits per heavy atom. The molecule has 17 heavy (non-hydrogen) atoms. The number of nitrogens with zero attached hydrogens (tertiary/aromatic N) is 3. The summed E-state index contributed by atoms with van der Waals surface area (Å²) in [5.41, 5.74) is 8.44. The van der Waals surface area contributed by atoms with Crippen LogP contribution in [0.4, 0.5) is 5.69 Å². The van der Waals surface area contributed by atoms with Gasteiger partial charge in [-0.3, -0.25) is 4.98 Å². The van der Waals surface area contributed by atoms with Crippen LogP contribution in [0.15, 0.2) is 42.9 Å². The molecule has 3 rings (SSSR count). The van der Waals surface area contributed by atoms with Gasteiger partial charge in [0.05, 0.1) is 32.9 Å². The molecule has 2 heterocycles. The third-order valence-electron chi connectivity index (χ3n) is 2.56. The molecule has 2 N–H and O–H groups in total. The van der Waals surface area contributed by atoms with Crippen molar-refractivity contribution in [3.8, 4) is 5.69 Å². The summed E-state index contributed by atoms with van der Waals surface area (Å²) in [4.78, 5) is 4.31. The van der Waals surface area contributed by atoms with Gasteiger partial charge >= 0.3 is 0 Å². The summed E-state index contributed by atoms with van der Waals surface area (Å²) in [6.07, 6.45) is 5.42. The number of hydrogen-bond acceptors (Lipinski definition) is 3. The first-order valence-electron chi connectivity index (χ1n) is 5.09. The maximum atomic E-state index is 6.00. The second-order valence-electron chi connectivity index (χ2n) is 3.68. The number of para-hydroxylation sites is 1. The molecule has 4 nitrogen and oxygen atoms in total. The highest BCUT2D eigenvalue weighted by Crippen LogP contribution is 2.25. The molecule has 3 aromatic rings. The van der Waals surface area contributed by atoms with E-state index in [0.29, 0.717) is 5.69 Å². The van der Waals surface area contributed by atoms with Crippen molar-refractivity contribution in [2.75, 3.05) is 5.73 Å². The quantitative estimate of drug-likeness (QED) is 0.695. The summed E-state index contributed by atoms with van der Waals surface area (Å²) in [5.74, 6) is 0. The maximum absolute atomic E-state index is 6.00. The van der Waals surface area contributed by atoms with Crippen molar-refractivity contribution in [2.45, 2.75) is 0 Å². The average molecular weight is 336 g/mol. The van der Waals surface area contributed by atoms with E-state index in [2.05, 4.69) is 32.7 Å². The Bertz CT molecular complexity index is 690. The summed E-state index contributed by atoms with van der Waals surface area (Å²) < 4.78 is 2.86. The summed E-state index contributed by atoms with van der Waals surface area (Å²) in [7, 11) is 0. The number of fused-ring (bicyclic) bond motifs is 1. The molecule has 0 spiro atoms. The Hall–Kier alpha value is -1.63. The predicted octanol–water partition coefficient (Wildman–Crippen LogP) is 2.61. The number of nitrogens with two attached hydrogens (primary N) is 1. The lowest BCUT2D eigenvalue weighted by Crippen LogP contribution is -2.02. The lowest BCUT2D eigenvalue weighted by atomic mass is 10.1. The lowest BCUT2D eigenvalue weighted by Gasteiger charge is -2.08. The largest absolute Gasteiger partial charge is 0.396 e. The Kier molecular flexibility index (Phi) is 2.47. The van der Waals surface area contributed by atoms with E-state index in [9.17, 15) is 0 Å². The first-order chi connectivity index (χ1) is 8.25. The predicted molar refractivity (Wildman–Crippen MR) is 76.0 cm³/mol. The highest BCUT2D eigenvalue weighted by Gasteiger charge is 2.09.